The normalized spacial score (nSPS) is 13.7. The van der Waals surface area contributed by atoms with Crippen molar-refractivity contribution in [3.63, 3.8) is 0 Å². The van der Waals surface area contributed by atoms with Crippen molar-refractivity contribution >= 4 is 44.7 Å². The van der Waals surface area contributed by atoms with Gasteiger partial charge in [-0.3, -0.25) is 9.13 Å². The first-order valence-electron chi connectivity index (χ1n) is 7.13. The minimum atomic E-state index is -4.20. The second-order valence-corrected chi connectivity index (χ2v) is 10.4. The highest BCUT2D eigenvalue weighted by Crippen LogP contribution is 2.35. The molecule has 1 aromatic heterocycles. The Morgan fingerprint density at radius 3 is 2.27 bits per heavy atom. The van der Waals surface area contributed by atoms with Gasteiger partial charge >= 0.3 is 15.2 Å². The van der Waals surface area contributed by atoms with Crippen LogP contribution in [0.1, 0.15) is 6.92 Å². The van der Waals surface area contributed by atoms with Crippen LogP contribution in [-0.4, -0.2) is 66.5 Å². The van der Waals surface area contributed by atoms with Crippen LogP contribution in [0.25, 0.3) is 0 Å². The summed E-state index contributed by atoms with van der Waals surface area (Å²) in [4.78, 5) is 43.0. The Bertz CT molecular complexity index is 671. The first kappa shape index (κ1) is 23.8. The molecule has 0 aliphatic carbocycles. The third-order valence-corrected chi connectivity index (χ3v) is 5.45. The van der Waals surface area contributed by atoms with E-state index < -0.39 is 34.0 Å². The van der Waals surface area contributed by atoms with Gasteiger partial charge in [-0.05, 0) is 6.92 Å². The van der Waals surface area contributed by atoms with E-state index in [9.17, 15) is 9.13 Å². The van der Waals surface area contributed by atoms with Crippen LogP contribution in [0.5, 0.6) is 0 Å². The van der Waals surface area contributed by atoms with E-state index in [1.165, 1.54) is 23.5 Å². The number of nitrogens with two attached hydrogens (primary N) is 1. The van der Waals surface area contributed by atoms with Crippen molar-refractivity contribution in [2.24, 2.45) is 0 Å². The van der Waals surface area contributed by atoms with E-state index in [0.29, 0.717) is 21.6 Å². The Kier molecular flexibility index (Phi) is 10.0. The molecule has 6 N–H and O–H groups in total. The van der Waals surface area contributed by atoms with Crippen LogP contribution >= 0.6 is 38.7 Å². The van der Waals surface area contributed by atoms with Gasteiger partial charge in [0.05, 0.1) is 12.7 Å². The second kappa shape index (κ2) is 11.0. The van der Waals surface area contributed by atoms with Crippen molar-refractivity contribution < 1.29 is 38.2 Å². The predicted molar refractivity (Wildman–Crippen MR) is 98.2 cm³/mol. The number of thioether (sulfide) groups is 2. The lowest BCUT2D eigenvalue weighted by atomic mass is 10.5. The van der Waals surface area contributed by atoms with Gasteiger partial charge in [0.15, 0.2) is 0 Å². The highest BCUT2D eigenvalue weighted by molar-refractivity contribution is 8.00. The summed E-state index contributed by atoms with van der Waals surface area (Å²) in [7, 11) is -8.37. The molecule has 0 bridgehead atoms. The van der Waals surface area contributed by atoms with Gasteiger partial charge in [-0.15, -0.1) is 23.5 Å². The lowest BCUT2D eigenvalue weighted by Crippen LogP contribution is -2.12. The predicted octanol–water partition coefficient (Wildman–Crippen LogP) is 0.935. The fraction of sp³-hybridized carbons (Fsp3) is 0.636. The Labute approximate surface area is 158 Å². The molecule has 0 spiro atoms. The van der Waals surface area contributed by atoms with Crippen molar-refractivity contribution in [3.8, 4) is 0 Å². The molecule has 0 unspecified atom stereocenters. The summed E-state index contributed by atoms with van der Waals surface area (Å²) in [6.45, 7) is 1.82. The summed E-state index contributed by atoms with van der Waals surface area (Å²) in [5.41, 5.74) is 5.65. The van der Waals surface area contributed by atoms with Gasteiger partial charge in [0.2, 0.25) is 5.95 Å². The number of anilines is 1. The molecule has 26 heavy (non-hydrogen) atoms. The van der Waals surface area contributed by atoms with Gasteiger partial charge in [-0.25, -0.2) is 9.97 Å². The first-order chi connectivity index (χ1) is 11.9. The van der Waals surface area contributed by atoms with Gasteiger partial charge in [-0.1, -0.05) is 0 Å². The first-order valence-corrected chi connectivity index (χ1v) is 12.7. The van der Waals surface area contributed by atoms with E-state index in [1.807, 2.05) is 0 Å². The van der Waals surface area contributed by atoms with Gasteiger partial charge < -0.3 is 34.8 Å². The molecule has 0 amide bonds. The third-order valence-electron chi connectivity index (χ3n) is 2.43. The number of rotatable bonds is 12. The van der Waals surface area contributed by atoms with Crippen LogP contribution < -0.4 is 5.73 Å². The van der Waals surface area contributed by atoms with E-state index in [4.69, 9.17) is 34.8 Å². The number of aromatic nitrogens is 2. The molecule has 15 heteroatoms. The molecule has 0 aliphatic rings. The van der Waals surface area contributed by atoms with Crippen molar-refractivity contribution in [3.05, 3.63) is 6.07 Å². The summed E-state index contributed by atoms with van der Waals surface area (Å²) in [6, 6.07) is 1.68. The molecule has 0 radical (unpaired) electrons. The number of hydrogen-bond acceptors (Lipinski definition) is 9. The molecule has 0 saturated heterocycles. The fourth-order valence-corrected chi connectivity index (χ4v) is 3.94. The second-order valence-electron chi connectivity index (χ2n) is 5.04. The molecule has 1 heterocycles. The van der Waals surface area contributed by atoms with Crippen LogP contribution in [0, 0.1) is 0 Å². The zero-order valence-electron chi connectivity index (χ0n) is 13.8. The van der Waals surface area contributed by atoms with Crippen LogP contribution in [-0.2, 0) is 18.6 Å². The molecule has 150 valence electrons. The minimum Gasteiger partial charge on any atom is -0.368 e. The van der Waals surface area contributed by atoms with E-state index in [1.54, 1.807) is 13.0 Å². The highest BCUT2D eigenvalue weighted by atomic mass is 32.2. The zero-order valence-corrected chi connectivity index (χ0v) is 17.2. The Balaban J connectivity index is 2.43. The molecule has 1 aromatic rings. The van der Waals surface area contributed by atoms with Crippen LogP contribution in [0.3, 0.4) is 0 Å². The molecule has 11 nitrogen and oxygen atoms in total. The average Bonchev–Trinajstić information content (AvgIpc) is 2.48. The van der Waals surface area contributed by atoms with Gasteiger partial charge in [0, 0.05) is 17.6 Å². The maximum absolute atomic E-state index is 10.8. The van der Waals surface area contributed by atoms with Crippen molar-refractivity contribution in [2.75, 3.05) is 36.5 Å². The number of ether oxygens (including phenoxy) is 2. The monoisotopic (exact) mass is 449 g/mol. The summed E-state index contributed by atoms with van der Waals surface area (Å²) >= 11 is 2.59. The molecule has 1 atom stereocenters. The lowest BCUT2D eigenvalue weighted by molar-refractivity contribution is 0.105. The fourth-order valence-electron chi connectivity index (χ4n) is 1.43. The van der Waals surface area contributed by atoms with Crippen molar-refractivity contribution in [1.82, 2.24) is 9.97 Å². The molecule has 0 aromatic carbocycles. The highest BCUT2D eigenvalue weighted by Gasteiger charge is 2.16. The standard InChI is InChI=1S/C11H21N3O8P2S2/c1-8(22-7-24(18,19)20)5-26-10-4-9(13-11(12)14-10)25-3-2-21-6-23(15,16)17/h4,8H,2-3,5-7H2,1H3,(H2,12,13,14)(H2,15,16,17)(H2,18,19,20)/t8-/m1/s1. The zero-order chi connectivity index (χ0) is 19.8. The van der Waals surface area contributed by atoms with Gasteiger partial charge in [0.25, 0.3) is 0 Å². The van der Waals surface area contributed by atoms with Crippen LogP contribution in [0.4, 0.5) is 5.95 Å². The Morgan fingerprint density at radius 2 is 1.69 bits per heavy atom. The largest absolute Gasteiger partial charge is 0.368 e. The molecule has 1 rings (SSSR count). The topological polar surface area (TPSA) is 185 Å². The van der Waals surface area contributed by atoms with Crippen molar-refractivity contribution in [1.29, 1.82) is 0 Å². The maximum Gasteiger partial charge on any atom is 0.350 e. The number of nitrogens with zero attached hydrogens (tertiary/aromatic N) is 2. The average molecular weight is 449 g/mol. The van der Waals surface area contributed by atoms with Gasteiger partial charge in [-0.2, -0.15) is 0 Å². The van der Waals surface area contributed by atoms with E-state index in [-0.39, 0.29) is 12.6 Å². The third kappa shape index (κ3) is 12.2. The summed E-state index contributed by atoms with van der Waals surface area (Å²) in [6.07, 6.45) is -1.68. The lowest BCUT2D eigenvalue weighted by Gasteiger charge is -2.13. The Hall–Kier alpha value is -0.200. The summed E-state index contributed by atoms with van der Waals surface area (Å²) < 4.78 is 31.4. The van der Waals surface area contributed by atoms with E-state index in [2.05, 4.69) is 9.97 Å². The molecular weight excluding hydrogens is 428 g/mol. The van der Waals surface area contributed by atoms with Crippen LogP contribution in [0.2, 0.25) is 0 Å². The molecule has 0 aliphatic heterocycles. The maximum atomic E-state index is 10.8. The van der Waals surface area contributed by atoms with Crippen molar-refractivity contribution in [2.45, 2.75) is 23.1 Å². The summed E-state index contributed by atoms with van der Waals surface area (Å²) in [5.74, 6) is 0.895. The number of hydrogen-bond donors (Lipinski definition) is 5. The van der Waals surface area contributed by atoms with E-state index in [0.717, 1.165) is 0 Å². The molecular formula is C11H21N3O8P2S2. The minimum absolute atomic E-state index is 0.0671. The number of nitrogen functional groups attached to an aromatic ring is 1. The van der Waals surface area contributed by atoms with Crippen LogP contribution in [0.15, 0.2) is 16.1 Å². The molecule has 0 saturated carbocycles. The molecule has 0 fully saturated rings. The van der Waals surface area contributed by atoms with Gasteiger partial charge in [0.1, 0.15) is 22.7 Å². The van der Waals surface area contributed by atoms with E-state index >= 15 is 0 Å². The smallest absolute Gasteiger partial charge is 0.350 e. The quantitative estimate of drug-likeness (QED) is 0.131. The SMILES string of the molecule is C[C@H](CSc1cc(SCCOCP(=O)(O)O)nc(N)n1)OCP(=O)(O)O. The Morgan fingerprint density at radius 1 is 1.12 bits per heavy atom. The summed E-state index contributed by atoms with van der Waals surface area (Å²) in [5, 5.41) is 1.14.